The van der Waals surface area contributed by atoms with E-state index in [1.165, 1.54) is 0 Å². The first-order valence-electron chi connectivity index (χ1n) is 9.55. The zero-order valence-electron chi connectivity index (χ0n) is 16.4. The molecule has 1 aliphatic rings. The lowest BCUT2D eigenvalue weighted by Gasteiger charge is -2.28. The van der Waals surface area contributed by atoms with Crippen LogP contribution in [0.25, 0.3) is 5.69 Å². The number of pyridine rings is 1. The van der Waals surface area contributed by atoms with Crippen molar-refractivity contribution in [3.8, 4) is 11.4 Å². The largest absolute Gasteiger partial charge is 0.497 e. The van der Waals surface area contributed by atoms with Gasteiger partial charge in [0.25, 0.3) is 0 Å². The molecule has 2 atom stereocenters. The number of aromatic nitrogens is 2. The number of β-amino-alcohol motifs (C(OH)–C–C–N with tert-alkyl or cyclic N) is 1. The van der Waals surface area contributed by atoms with E-state index in [0.29, 0.717) is 11.7 Å². The molecular formula is C22H24N4O2S. The summed E-state index contributed by atoms with van der Waals surface area (Å²) in [6.45, 7) is 2.56. The number of nitrogens with zero attached hydrogens (tertiary/aromatic N) is 3. The normalized spacial score (nSPS) is 18.7. The molecule has 0 amide bonds. The van der Waals surface area contributed by atoms with Gasteiger partial charge in [0.15, 0.2) is 5.11 Å². The molecule has 0 saturated carbocycles. The average molecular weight is 409 g/mol. The highest BCUT2D eigenvalue weighted by molar-refractivity contribution is 7.80. The van der Waals surface area contributed by atoms with Crippen molar-refractivity contribution in [1.82, 2.24) is 19.8 Å². The van der Waals surface area contributed by atoms with Gasteiger partial charge in [0, 0.05) is 29.8 Å². The molecule has 7 heteroatoms. The number of rotatable bonds is 6. The maximum atomic E-state index is 9.65. The van der Waals surface area contributed by atoms with Crippen LogP contribution in [0.15, 0.2) is 60.8 Å². The smallest absolute Gasteiger partial charge is 0.170 e. The fourth-order valence-electron chi connectivity index (χ4n) is 3.95. The van der Waals surface area contributed by atoms with Crippen LogP contribution in [0.4, 0.5) is 0 Å². The molecule has 2 N–H and O–H groups in total. The third-order valence-corrected chi connectivity index (χ3v) is 5.63. The fraction of sp³-hybridized carbons (Fsp3) is 0.273. The molecule has 1 fully saturated rings. The molecule has 0 bridgehead atoms. The number of aliphatic hydroxyl groups is 1. The van der Waals surface area contributed by atoms with Crippen molar-refractivity contribution in [3.63, 3.8) is 0 Å². The minimum atomic E-state index is -0.110. The Labute approximate surface area is 175 Å². The molecule has 3 aromatic rings. The summed E-state index contributed by atoms with van der Waals surface area (Å²) < 4.78 is 7.53. The molecule has 150 valence electrons. The molecule has 2 aromatic heterocycles. The van der Waals surface area contributed by atoms with Crippen LogP contribution in [0.3, 0.4) is 0 Å². The lowest BCUT2D eigenvalue weighted by atomic mass is 10.0. The quantitative estimate of drug-likeness (QED) is 0.611. The Balaban J connectivity index is 1.82. The van der Waals surface area contributed by atoms with E-state index in [4.69, 9.17) is 17.0 Å². The summed E-state index contributed by atoms with van der Waals surface area (Å²) in [7, 11) is 1.66. The van der Waals surface area contributed by atoms with Gasteiger partial charge in [-0.05, 0) is 67.7 Å². The number of hydrogen-bond donors (Lipinski definition) is 2. The van der Waals surface area contributed by atoms with Crippen molar-refractivity contribution in [2.75, 3.05) is 20.3 Å². The number of ether oxygens (including phenoxy) is 1. The van der Waals surface area contributed by atoms with Crippen LogP contribution in [0, 0.1) is 6.92 Å². The Kier molecular flexibility index (Phi) is 5.51. The first kappa shape index (κ1) is 19.4. The lowest BCUT2D eigenvalue weighted by molar-refractivity contribution is 0.220. The van der Waals surface area contributed by atoms with Crippen LogP contribution in [0.2, 0.25) is 0 Å². The summed E-state index contributed by atoms with van der Waals surface area (Å²) in [5.41, 5.74) is 4.17. The van der Waals surface area contributed by atoms with E-state index < -0.39 is 0 Å². The van der Waals surface area contributed by atoms with Gasteiger partial charge in [0.05, 0.1) is 31.5 Å². The van der Waals surface area contributed by atoms with Crippen molar-refractivity contribution in [2.24, 2.45) is 0 Å². The number of nitrogens with one attached hydrogen (secondary N) is 1. The van der Waals surface area contributed by atoms with Crippen molar-refractivity contribution in [3.05, 3.63) is 77.9 Å². The van der Waals surface area contributed by atoms with Crippen molar-refractivity contribution in [1.29, 1.82) is 0 Å². The topological polar surface area (TPSA) is 62.5 Å². The molecule has 4 rings (SSSR count). The summed E-state index contributed by atoms with van der Waals surface area (Å²) in [5.74, 6) is 0.817. The third kappa shape index (κ3) is 3.59. The van der Waals surface area contributed by atoms with Crippen LogP contribution < -0.4 is 10.1 Å². The highest BCUT2D eigenvalue weighted by atomic mass is 32.1. The molecule has 0 spiro atoms. The van der Waals surface area contributed by atoms with Gasteiger partial charge >= 0.3 is 0 Å². The van der Waals surface area contributed by atoms with E-state index in [1.807, 2.05) is 47.4 Å². The van der Waals surface area contributed by atoms with E-state index in [1.54, 1.807) is 13.3 Å². The Morgan fingerprint density at radius 3 is 2.59 bits per heavy atom. The number of hydrogen-bond acceptors (Lipinski definition) is 4. The molecule has 29 heavy (non-hydrogen) atoms. The second-order valence-electron chi connectivity index (χ2n) is 6.98. The highest BCUT2D eigenvalue weighted by Gasteiger charge is 2.41. The van der Waals surface area contributed by atoms with E-state index in [2.05, 4.69) is 33.9 Å². The zero-order chi connectivity index (χ0) is 20.4. The van der Waals surface area contributed by atoms with E-state index in [9.17, 15) is 5.11 Å². The molecule has 0 unspecified atom stereocenters. The number of thiocarbonyl (C=S) groups is 1. The van der Waals surface area contributed by atoms with Crippen molar-refractivity contribution >= 4 is 17.3 Å². The predicted octanol–water partition coefficient (Wildman–Crippen LogP) is 3.15. The minimum absolute atomic E-state index is 0.0233. The molecular weight excluding hydrogens is 384 g/mol. The molecule has 3 heterocycles. The van der Waals surface area contributed by atoms with Crippen LogP contribution in [0.5, 0.6) is 5.75 Å². The summed E-state index contributed by atoms with van der Waals surface area (Å²) in [6.07, 6.45) is 1.79. The maximum Gasteiger partial charge on any atom is 0.170 e. The van der Waals surface area contributed by atoms with Gasteiger partial charge in [-0.3, -0.25) is 4.98 Å². The van der Waals surface area contributed by atoms with E-state index in [0.717, 1.165) is 28.5 Å². The second kappa shape index (κ2) is 8.23. The maximum absolute atomic E-state index is 9.65. The van der Waals surface area contributed by atoms with E-state index in [-0.39, 0.29) is 18.7 Å². The fourth-order valence-corrected chi connectivity index (χ4v) is 4.28. The summed E-state index contributed by atoms with van der Waals surface area (Å²) in [4.78, 5) is 6.61. The Bertz CT molecular complexity index is 988. The SMILES string of the molecule is COc1ccc(-n2c(C)ccc2[C@H]2[C@@H](c3ccccn3)NC(=S)N2CCO)cc1. The zero-order valence-corrected chi connectivity index (χ0v) is 17.3. The highest BCUT2D eigenvalue weighted by Crippen LogP contribution is 2.40. The minimum Gasteiger partial charge on any atom is -0.497 e. The number of benzene rings is 1. The Morgan fingerprint density at radius 2 is 1.93 bits per heavy atom. The Morgan fingerprint density at radius 1 is 1.14 bits per heavy atom. The summed E-state index contributed by atoms with van der Waals surface area (Å²) in [6, 6.07) is 17.9. The van der Waals surface area contributed by atoms with Crippen LogP contribution in [-0.2, 0) is 0 Å². The third-order valence-electron chi connectivity index (χ3n) is 5.28. The van der Waals surface area contributed by atoms with Crippen LogP contribution >= 0.6 is 12.2 Å². The van der Waals surface area contributed by atoms with Crippen molar-refractivity contribution < 1.29 is 9.84 Å². The van der Waals surface area contributed by atoms with Gasteiger partial charge in [0.1, 0.15) is 5.75 Å². The first-order chi connectivity index (χ1) is 14.1. The molecule has 0 radical (unpaired) electrons. The van der Waals surface area contributed by atoms with E-state index >= 15 is 0 Å². The number of aryl methyl sites for hydroxylation is 1. The van der Waals surface area contributed by atoms with Gasteiger partial charge in [0.2, 0.25) is 0 Å². The molecule has 1 saturated heterocycles. The second-order valence-corrected chi connectivity index (χ2v) is 7.36. The molecule has 6 nitrogen and oxygen atoms in total. The first-order valence-corrected chi connectivity index (χ1v) is 9.96. The standard InChI is InChI=1S/C22H24N4O2S/c1-15-6-11-19(26(15)16-7-9-17(28-2)10-8-16)21-20(18-5-3-4-12-23-18)24-22(29)25(21)13-14-27/h3-12,20-21,27H,13-14H2,1-2H3,(H,24,29)/t20-,21+/m1/s1. The number of aliphatic hydroxyl groups excluding tert-OH is 1. The molecule has 1 aliphatic heterocycles. The molecule has 0 aliphatic carbocycles. The number of methoxy groups -OCH3 is 1. The van der Waals surface area contributed by atoms with Crippen LogP contribution in [0.1, 0.15) is 29.2 Å². The van der Waals surface area contributed by atoms with Crippen LogP contribution in [-0.4, -0.2) is 44.9 Å². The Hall–Kier alpha value is -2.90. The average Bonchev–Trinajstić information content (AvgIpc) is 3.29. The summed E-state index contributed by atoms with van der Waals surface area (Å²) >= 11 is 5.61. The van der Waals surface area contributed by atoms with Gasteiger partial charge in [-0.25, -0.2) is 0 Å². The predicted molar refractivity (Wildman–Crippen MR) is 116 cm³/mol. The van der Waals surface area contributed by atoms with Crippen molar-refractivity contribution in [2.45, 2.75) is 19.0 Å². The van der Waals surface area contributed by atoms with Gasteiger partial charge < -0.3 is 24.6 Å². The summed E-state index contributed by atoms with van der Waals surface area (Å²) in [5, 5.41) is 13.7. The van der Waals surface area contributed by atoms with Gasteiger partial charge in [-0.15, -0.1) is 0 Å². The van der Waals surface area contributed by atoms with Gasteiger partial charge in [-0.2, -0.15) is 0 Å². The monoisotopic (exact) mass is 408 g/mol. The van der Waals surface area contributed by atoms with Gasteiger partial charge in [-0.1, -0.05) is 6.07 Å². The lowest BCUT2D eigenvalue weighted by Crippen LogP contribution is -2.33. The molecule has 1 aromatic carbocycles.